The van der Waals surface area contributed by atoms with Crippen molar-refractivity contribution in [3.8, 4) is 5.75 Å². The first kappa shape index (κ1) is 14.3. The monoisotopic (exact) mass is 293 g/mol. The van der Waals surface area contributed by atoms with Gasteiger partial charge in [0.25, 0.3) is 5.52 Å². The fourth-order valence-corrected chi connectivity index (χ4v) is 1.75. The maximum Gasteiger partial charge on any atom is 0.395 e. The summed E-state index contributed by atoms with van der Waals surface area (Å²) in [7, 11) is -4.76. The number of hydrogen-bond acceptors (Lipinski definition) is 4. The highest BCUT2D eigenvalue weighted by Gasteiger charge is 2.23. The summed E-state index contributed by atoms with van der Waals surface area (Å²) in [5, 5.41) is 2.75. The number of carbonyl (C=O) groups is 1. The van der Waals surface area contributed by atoms with Gasteiger partial charge in [-0.1, -0.05) is 24.3 Å². The smallest absolute Gasteiger partial charge is 0.395 e. The van der Waals surface area contributed by atoms with E-state index in [2.05, 4.69) is 5.32 Å². The number of carbonyl (C=O) groups excluding carboxylic acids is 1. The highest BCUT2D eigenvalue weighted by Crippen LogP contribution is 2.36. The van der Waals surface area contributed by atoms with Crippen LogP contribution in [0.2, 0.25) is 0 Å². The molecular weight excluding hydrogens is 281 g/mol. The molecule has 6 nitrogen and oxygen atoms in total. The summed E-state index contributed by atoms with van der Waals surface area (Å²) in [4.78, 5) is 28.7. The van der Waals surface area contributed by atoms with Gasteiger partial charge in [-0.3, -0.25) is 9.36 Å². The van der Waals surface area contributed by atoms with Crippen LogP contribution in [0.15, 0.2) is 66.2 Å². The molecule has 1 aromatic rings. The van der Waals surface area contributed by atoms with Crippen LogP contribution in [0.25, 0.3) is 0 Å². The van der Waals surface area contributed by atoms with Gasteiger partial charge in [0, 0.05) is 11.8 Å². The molecule has 0 unspecified atom stereocenters. The van der Waals surface area contributed by atoms with E-state index in [9.17, 15) is 9.36 Å². The second-order valence-electron chi connectivity index (χ2n) is 3.91. The molecule has 0 amide bonds. The zero-order valence-electron chi connectivity index (χ0n) is 10.3. The van der Waals surface area contributed by atoms with Crippen molar-refractivity contribution in [3.63, 3.8) is 0 Å². The Morgan fingerprint density at radius 2 is 1.95 bits per heavy atom. The van der Waals surface area contributed by atoms with Gasteiger partial charge in [0.15, 0.2) is 5.88 Å². The Bertz CT molecular complexity index is 642. The van der Waals surface area contributed by atoms with Gasteiger partial charge in [0.05, 0.1) is 0 Å². The molecule has 1 aliphatic heterocycles. The normalized spacial score (nSPS) is 16.5. The van der Waals surface area contributed by atoms with Crippen LogP contribution in [0.3, 0.4) is 0 Å². The molecule has 0 aromatic heterocycles. The van der Waals surface area contributed by atoms with Gasteiger partial charge in [0.2, 0.25) is 0 Å². The van der Waals surface area contributed by atoms with Gasteiger partial charge in [-0.25, -0.2) is 0 Å². The molecule has 1 heterocycles. The van der Waals surface area contributed by atoms with Crippen molar-refractivity contribution in [2.45, 2.75) is 0 Å². The van der Waals surface area contributed by atoms with Crippen molar-refractivity contribution >= 4 is 13.1 Å². The first-order chi connectivity index (χ1) is 9.45. The summed E-state index contributed by atoms with van der Waals surface area (Å²) in [5.41, 5.74) is -1.02. The van der Waals surface area contributed by atoms with E-state index in [1.807, 2.05) is 18.2 Å². The van der Waals surface area contributed by atoms with Crippen molar-refractivity contribution in [1.29, 1.82) is 0 Å². The number of nitrogens with one attached hydrogen (secondary N) is 1. The number of benzene rings is 1. The quantitative estimate of drug-likeness (QED) is 0.577. The summed E-state index contributed by atoms with van der Waals surface area (Å²) >= 11 is 0. The Morgan fingerprint density at radius 3 is 2.60 bits per heavy atom. The molecule has 0 saturated heterocycles. The molecule has 0 bridgehead atoms. The summed E-state index contributed by atoms with van der Waals surface area (Å²) < 4.78 is 16.3. The molecule has 0 radical (unpaired) electrons. The van der Waals surface area contributed by atoms with Gasteiger partial charge < -0.3 is 19.8 Å². The van der Waals surface area contributed by atoms with Crippen LogP contribution in [0.5, 0.6) is 5.75 Å². The number of hydrogen-bond donors (Lipinski definition) is 3. The van der Waals surface area contributed by atoms with E-state index in [1.165, 1.54) is 6.08 Å². The SMILES string of the molecule is O=C(C=C1C=CC=C(Oc2ccccc2)N1)P(=O)(O)O. The maximum absolute atomic E-state index is 11.2. The zero-order chi connectivity index (χ0) is 14.6. The first-order valence-electron chi connectivity index (χ1n) is 5.65. The average molecular weight is 293 g/mol. The van der Waals surface area contributed by atoms with E-state index in [1.54, 1.807) is 24.3 Å². The third-order valence-electron chi connectivity index (χ3n) is 2.33. The van der Waals surface area contributed by atoms with E-state index in [0.29, 0.717) is 11.6 Å². The highest BCUT2D eigenvalue weighted by molar-refractivity contribution is 7.70. The number of rotatable bonds is 4. The predicted molar refractivity (Wildman–Crippen MR) is 72.6 cm³/mol. The van der Waals surface area contributed by atoms with Gasteiger partial charge in [-0.2, -0.15) is 0 Å². The molecule has 0 saturated carbocycles. The van der Waals surface area contributed by atoms with Crippen LogP contribution in [-0.4, -0.2) is 15.3 Å². The molecule has 0 aliphatic carbocycles. The van der Waals surface area contributed by atoms with Crippen LogP contribution < -0.4 is 10.1 Å². The van der Waals surface area contributed by atoms with Crippen LogP contribution in [0, 0.1) is 0 Å². The summed E-state index contributed by atoms with van der Waals surface area (Å²) in [6, 6.07) is 8.97. The molecule has 7 heteroatoms. The number of dihydropyridines is 1. The van der Waals surface area contributed by atoms with Gasteiger partial charge >= 0.3 is 7.60 Å². The van der Waals surface area contributed by atoms with E-state index < -0.39 is 13.1 Å². The molecule has 20 heavy (non-hydrogen) atoms. The number of ether oxygens (including phenoxy) is 1. The second kappa shape index (κ2) is 5.88. The maximum atomic E-state index is 11.2. The second-order valence-corrected chi connectivity index (χ2v) is 5.44. The molecular formula is C13H12NO5P. The Labute approximate surface area is 115 Å². The van der Waals surface area contributed by atoms with Crippen LogP contribution in [0.1, 0.15) is 0 Å². The van der Waals surface area contributed by atoms with Crippen molar-refractivity contribution < 1.29 is 23.9 Å². The minimum Gasteiger partial charge on any atom is -0.441 e. The van der Waals surface area contributed by atoms with Gasteiger partial charge in [-0.15, -0.1) is 0 Å². The molecule has 0 atom stereocenters. The molecule has 1 aromatic carbocycles. The minimum absolute atomic E-state index is 0.242. The lowest BCUT2D eigenvalue weighted by molar-refractivity contribution is -0.109. The van der Waals surface area contributed by atoms with Gasteiger partial charge in [-0.05, 0) is 24.3 Å². The van der Waals surface area contributed by atoms with Crippen molar-refractivity contribution in [2.24, 2.45) is 0 Å². The van der Waals surface area contributed by atoms with Crippen molar-refractivity contribution in [3.05, 3.63) is 66.2 Å². The van der Waals surface area contributed by atoms with E-state index in [0.717, 1.165) is 6.08 Å². The number of allylic oxidation sites excluding steroid dienone is 4. The fourth-order valence-electron chi connectivity index (χ4n) is 1.44. The summed E-state index contributed by atoms with van der Waals surface area (Å²) in [6.07, 6.45) is 5.59. The molecule has 0 fully saturated rings. The Kier molecular flexibility index (Phi) is 4.20. The largest absolute Gasteiger partial charge is 0.441 e. The molecule has 2 rings (SSSR count). The van der Waals surface area contributed by atoms with Crippen LogP contribution >= 0.6 is 7.60 Å². The highest BCUT2D eigenvalue weighted by atomic mass is 31.2. The molecule has 104 valence electrons. The molecule has 0 spiro atoms. The predicted octanol–water partition coefficient (Wildman–Crippen LogP) is 1.65. The average Bonchev–Trinajstić information content (AvgIpc) is 2.39. The fraction of sp³-hybridized carbons (Fsp3) is 0. The Balaban J connectivity index is 2.08. The van der Waals surface area contributed by atoms with Gasteiger partial charge in [0.1, 0.15) is 5.75 Å². The van der Waals surface area contributed by atoms with Crippen LogP contribution in [0.4, 0.5) is 0 Å². The Hall–Kier alpha value is -2.14. The van der Waals surface area contributed by atoms with E-state index in [-0.39, 0.29) is 5.70 Å². The lowest BCUT2D eigenvalue weighted by Crippen LogP contribution is -2.19. The van der Waals surface area contributed by atoms with Crippen molar-refractivity contribution in [1.82, 2.24) is 5.32 Å². The number of para-hydroxylation sites is 1. The lowest BCUT2D eigenvalue weighted by Gasteiger charge is -2.15. The minimum atomic E-state index is -4.76. The third kappa shape index (κ3) is 3.93. The summed E-state index contributed by atoms with van der Waals surface area (Å²) in [5.74, 6) is 0.950. The third-order valence-corrected chi connectivity index (χ3v) is 3.03. The Morgan fingerprint density at radius 1 is 1.25 bits per heavy atom. The summed E-state index contributed by atoms with van der Waals surface area (Å²) in [6.45, 7) is 0. The lowest BCUT2D eigenvalue weighted by atomic mass is 10.3. The standard InChI is InChI=1S/C13H12NO5P/c15-13(20(16,17)18)9-10-5-4-8-12(14-10)19-11-6-2-1-3-7-11/h1-9,14H,(H2,16,17,18). The molecule has 1 aliphatic rings. The first-order valence-corrected chi connectivity index (χ1v) is 7.26. The van der Waals surface area contributed by atoms with E-state index in [4.69, 9.17) is 14.5 Å². The van der Waals surface area contributed by atoms with Crippen LogP contribution in [-0.2, 0) is 9.36 Å². The topological polar surface area (TPSA) is 95.9 Å². The molecule has 3 N–H and O–H groups in total. The zero-order valence-corrected chi connectivity index (χ0v) is 11.2. The van der Waals surface area contributed by atoms with Crippen molar-refractivity contribution in [2.75, 3.05) is 0 Å². The van der Waals surface area contributed by atoms with E-state index >= 15 is 0 Å².